The maximum atomic E-state index is 12.2. The summed E-state index contributed by atoms with van der Waals surface area (Å²) >= 11 is 0. The van der Waals surface area contributed by atoms with E-state index in [1.807, 2.05) is 6.07 Å². The Balaban J connectivity index is 1.87. The van der Waals surface area contributed by atoms with Crippen molar-refractivity contribution in [1.29, 1.82) is 0 Å². The van der Waals surface area contributed by atoms with E-state index >= 15 is 0 Å². The molecule has 0 radical (unpaired) electrons. The van der Waals surface area contributed by atoms with E-state index in [1.165, 1.54) is 4.57 Å². The molecule has 4 rings (SSSR count). The topological polar surface area (TPSA) is 184 Å². The Morgan fingerprint density at radius 1 is 1.18 bits per heavy atom. The van der Waals surface area contributed by atoms with Crippen molar-refractivity contribution in [3.8, 4) is 0 Å². The maximum absolute atomic E-state index is 12.2. The number of rotatable bonds is 4. The van der Waals surface area contributed by atoms with Crippen molar-refractivity contribution in [2.45, 2.75) is 24.5 Å². The number of hydrogen-bond acceptors (Lipinski definition) is 10. The maximum Gasteiger partial charge on any atom is 0.280 e. The molecular weight excluding hydrogens is 370 g/mol. The molecule has 2 aromatic heterocycles. The Morgan fingerprint density at radius 3 is 2.61 bits per heavy atom. The van der Waals surface area contributed by atoms with Crippen LogP contribution in [0.4, 0.5) is 17.6 Å². The van der Waals surface area contributed by atoms with Crippen LogP contribution in [-0.4, -0.2) is 59.8 Å². The molecule has 6 N–H and O–H groups in total. The number of fused-ring (bicyclic) bond motifs is 1. The van der Waals surface area contributed by atoms with Gasteiger partial charge in [-0.05, 0) is 12.1 Å². The minimum Gasteiger partial charge on any atom is -0.394 e. The fraction of sp³-hybridized carbons (Fsp3) is 0.312. The molecule has 3 heterocycles. The first-order chi connectivity index (χ1) is 13.5. The van der Waals surface area contributed by atoms with Crippen LogP contribution in [0.25, 0.3) is 11.2 Å². The van der Waals surface area contributed by atoms with E-state index in [4.69, 9.17) is 10.5 Å². The van der Waals surface area contributed by atoms with Crippen molar-refractivity contribution >= 4 is 28.7 Å². The summed E-state index contributed by atoms with van der Waals surface area (Å²) in [6.45, 7) is -0.516. The molecule has 28 heavy (non-hydrogen) atoms. The van der Waals surface area contributed by atoms with Crippen molar-refractivity contribution in [3.05, 3.63) is 40.7 Å². The Hall–Kier alpha value is -3.19. The van der Waals surface area contributed by atoms with Gasteiger partial charge in [0.25, 0.3) is 11.5 Å². The molecule has 0 saturated carbocycles. The molecule has 4 atom stereocenters. The Kier molecular flexibility index (Phi) is 4.60. The van der Waals surface area contributed by atoms with Crippen LogP contribution >= 0.6 is 0 Å². The summed E-state index contributed by atoms with van der Waals surface area (Å²) in [7, 11) is 0. The molecule has 12 nitrogen and oxygen atoms in total. The van der Waals surface area contributed by atoms with Gasteiger partial charge in [0.2, 0.25) is 5.95 Å². The van der Waals surface area contributed by atoms with E-state index < -0.39 is 36.7 Å². The first-order valence-electron chi connectivity index (χ1n) is 8.36. The Morgan fingerprint density at radius 2 is 1.93 bits per heavy atom. The summed E-state index contributed by atoms with van der Waals surface area (Å²) in [5.41, 5.74) is 5.46. The van der Waals surface area contributed by atoms with Gasteiger partial charge in [0, 0.05) is 0 Å². The van der Waals surface area contributed by atoms with Gasteiger partial charge in [-0.3, -0.25) is 14.3 Å². The van der Waals surface area contributed by atoms with Crippen molar-refractivity contribution in [2.24, 2.45) is 10.2 Å². The molecule has 12 heteroatoms. The Bertz CT molecular complexity index is 1080. The molecule has 0 unspecified atom stereocenters. The minimum absolute atomic E-state index is 0.00176. The van der Waals surface area contributed by atoms with E-state index in [9.17, 15) is 20.1 Å². The second-order valence-electron chi connectivity index (χ2n) is 6.17. The number of H-pyrrole nitrogens is 1. The first kappa shape index (κ1) is 18.2. The summed E-state index contributed by atoms with van der Waals surface area (Å²) in [5.74, 6) is -0.255. The van der Waals surface area contributed by atoms with Gasteiger partial charge in [0.1, 0.15) is 18.3 Å². The smallest absolute Gasteiger partial charge is 0.280 e. The van der Waals surface area contributed by atoms with Gasteiger partial charge in [0.05, 0.1) is 12.3 Å². The molecule has 1 aliphatic heterocycles. The van der Waals surface area contributed by atoms with Gasteiger partial charge >= 0.3 is 0 Å². The lowest BCUT2D eigenvalue weighted by Gasteiger charge is -2.17. The van der Waals surface area contributed by atoms with Crippen molar-refractivity contribution in [1.82, 2.24) is 19.5 Å². The SMILES string of the molecule is Nc1nc2c(nc(/N=N\c3ccccc3)n2[C@@H]2O[C@H](CO)[C@@H](O)[C@H]2O)c(=O)[nH]1. The van der Waals surface area contributed by atoms with Crippen molar-refractivity contribution < 1.29 is 20.1 Å². The average Bonchev–Trinajstić information content (AvgIpc) is 3.18. The predicted octanol–water partition coefficient (Wildman–Crippen LogP) is -0.271. The third-order valence-electron chi connectivity index (χ3n) is 4.33. The zero-order valence-corrected chi connectivity index (χ0v) is 14.4. The lowest BCUT2D eigenvalue weighted by molar-refractivity contribution is -0.0503. The predicted molar refractivity (Wildman–Crippen MR) is 96.2 cm³/mol. The number of aromatic amines is 1. The summed E-state index contributed by atoms with van der Waals surface area (Å²) in [4.78, 5) is 22.7. The van der Waals surface area contributed by atoms with Crippen LogP contribution < -0.4 is 11.3 Å². The Labute approximate surface area is 157 Å². The van der Waals surface area contributed by atoms with Gasteiger partial charge in [-0.25, -0.2) is 4.98 Å². The van der Waals surface area contributed by atoms with E-state index in [1.54, 1.807) is 24.3 Å². The number of azo groups is 1. The highest BCUT2D eigenvalue weighted by Crippen LogP contribution is 2.35. The molecule has 0 bridgehead atoms. The molecule has 0 amide bonds. The number of nitrogens with one attached hydrogen (secondary N) is 1. The number of imidazole rings is 1. The molecule has 1 saturated heterocycles. The minimum atomic E-state index is -1.43. The highest BCUT2D eigenvalue weighted by molar-refractivity contribution is 5.74. The van der Waals surface area contributed by atoms with Gasteiger partial charge in [0.15, 0.2) is 17.4 Å². The van der Waals surface area contributed by atoms with Crippen LogP contribution in [-0.2, 0) is 4.74 Å². The molecule has 1 aromatic carbocycles. The normalized spacial score (nSPS) is 25.1. The van der Waals surface area contributed by atoms with E-state index in [0.717, 1.165) is 0 Å². The number of aromatic nitrogens is 4. The van der Waals surface area contributed by atoms with Gasteiger partial charge in [-0.2, -0.15) is 4.98 Å². The van der Waals surface area contributed by atoms with Gasteiger partial charge < -0.3 is 25.8 Å². The molecule has 146 valence electrons. The quantitative estimate of drug-likeness (QED) is 0.379. The van der Waals surface area contributed by atoms with Crippen LogP contribution in [0.3, 0.4) is 0 Å². The number of aliphatic hydroxyl groups excluding tert-OH is 3. The van der Waals surface area contributed by atoms with Crippen LogP contribution in [0.2, 0.25) is 0 Å². The van der Waals surface area contributed by atoms with Crippen molar-refractivity contribution in [3.63, 3.8) is 0 Å². The van der Waals surface area contributed by atoms with Crippen LogP contribution in [0.5, 0.6) is 0 Å². The summed E-state index contributed by atoms with van der Waals surface area (Å²) in [6, 6.07) is 8.80. The van der Waals surface area contributed by atoms with E-state index in [2.05, 4.69) is 25.2 Å². The molecular formula is C16H17N7O5. The zero-order valence-electron chi connectivity index (χ0n) is 14.4. The molecule has 1 fully saturated rings. The summed E-state index contributed by atoms with van der Waals surface area (Å²) < 4.78 is 6.76. The fourth-order valence-corrected chi connectivity index (χ4v) is 2.98. The lowest BCUT2D eigenvalue weighted by atomic mass is 10.1. The zero-order chi connectivity index (χ0) is 19.8. The summed E-state index contributed by atoms with van der Waals surface area (Å²) in [6.07, 6.45) is -5.03. The molecule has 3 aromatic rings. The average molecular weight is 387 g/mol. The largest absolute Gasteiger partial charge is 0.394 e. The first-order valence-corrected chi connectivity index (χ1v) is 8.36. The van der Waals surface area contributed by atoms with Gasteiger partial charge in [-0.1, -0.05) is 18.2 Å². The molecule has 1 aliphatic rings. The standard InChI is InChI=1S/C16H17N7O5/c17-15-19-12-9(13(27)20-15)18-16(22-21-7-4-2-1-3-5-7)23(12)14-11(26)10(25)8(6-24)28-14/h1-5,8,10-11,14,24-26H,6H2,(H3,17,19,20,27)/b22-21-/t8-,10-,11-,14-/m1/s1. The second kappa shape index (κ2) is 7.09. The van der Waals surface area contributed by atoms with Crippen LogP contribution in [0, 0.1) is 0 Å². The van der Waals surface area contributed by atoms with Crippen molar-refractivity contribution in [2.75, 3.05) is 12.3 Å². The highest BCUT2D eigenvalue weighted by atomic mass is 16.6. The van der Waals surface area contributed by atoms with Crippen LogP contribution in [0.15, 0.2) is 45.4 Å². The van der Waals surface area contributed by atoms with E-state index in [-0.39, 0.29) is 23.1 Å². The monoisotopic (exact) mass is 387 g/mol. The second-order valence-corrected chi connectivity index (χ2v) is 6.17. The number of aliphatic hydroxyl groups is 3. The number of hydrogen-bond donors (Lipinski definition) is 5. The summed E-state index contributed by atoms with van der Waals surface area (Å²) in [5, 5.41) is 37.9. The number of ether oxygens (including phenoxy) is 1. The van der Waals surface area contributed by atoms with Gasteiger partial charge in [-0.15, -0.1) is 10.2 Å². The van der Waals surface area contributed by atoms with Crippen LogP contribution in [0.1, 0.15) is 6.23 Å². The molecule has 0 spiro atoms. The van der Waals surface area contributed by atoms with E-state index in [0.29, 0.717) is 5.69 Å². The molecule has 0 aliphatic carbocycles. The third-order valence-corrected chi connectivity index (χ3v) is 4.33. The highest BCUT2D eigenvalue weighted by Gasteiger charge is 2.45. The number of anilines is 1. The lowest BCUT2D eigenvalue weighted by Crippen LogP contribution is -2.33. The number of nitrogen functional groups attached to an aromatic ring is 1. The fourth-order valence-electron chi connectivity index (χ4n) is 2.98. The number of nitrogens with two attached hydrogens (primary N) is 1. The number of benzene rings is 1. The number of nitrogens with zero attached hydrogens (tertiary/aromatic N) is 5. The third kappa shape index (κ3) is 3.03.